The van der Waals surface area contributed by atoms with Crippen LogP contribution in [0.2, 0.25) is 0 Å². The fraction of sp³-hybridized carbons (Fsp3) is 0.815. The molecule has 1 N–H and O–H groups in total. The number of hydrogen-bond donors (Lipinski definition) is 1. The maximum atomic E-state index is 12.3. The topological polar surface area (TPSA) is 72.8 Å². The highest BCUT2D eigenvalue weighted by molar-refractivity contribution is 5.70. The van der Waals surface area contributed by atoms with Crippen LogP contribution in [-0.4, -0.2) is 36.4 Å². The molecular weight excluding hydrogens is 729 g/mol. The first kappa shape index (κ1) is 56.9. The van der Waals surface area contributed by atoms with Gasteiger partial charge in [-0.15, -0.1) is 0 Å². The van der Waals surface area contributed by atoms with E-state index in [4.69, 9.17) is 9.47 Å². The van der Waals surface area contributed by atoms with Gasteiger partial charge in [0.15, 0.2) is 6.10 Å². The van der Waals surface area contributed by atoms with Gasteiger partial charge in [-0.05, 0) is 77.0 Å². The lowest BCUT2D eigenvalue weighted by Crippen LogP contribution is -2.28. The summed E-state index contributed by atoms with van der Waals surface area (Å²) in [6, 6.07) is 0. The Morgan fingerprint density at radius 1 is 0.390 bits per heavy atom. The number of hydrogen-bond acceptors (Lipinski definition) is 5. The molecule has 59 heavy (non-hydrogen) atoms. The number of ether oxygens (including phenoxy) is 2. The van der Waals surface area contributed by atoms with Gasteiger partial charge >= 0.3 is 11.9 Å². The number of carbonyl (C=O) groups is 2. The smallest absolute Gasteiger partial charge is 0.306 e. The molecule has 0 amide bonds. The van der Waals surface area contributed by atoms with Gasteiger partial charge in [0.05, 0.1) is 6.61 Å². The molecule has 0 saturated heterocycles. The minimum Gasteiger partial charge on any atom is -0.462 e. The molecule has 5 nitrogen and oxygen atoms in total. The molecular formula is C54H98O5. The maximum Gasteiger partial charge on any atom is 0.306 e. The van der Waals surface area contributed by atoms with E-state index >= 15 is 0 Å². The standard InChI is InChI=1S/C54H98O5/c1-3-5-7-9-11-13-15-17-19-21-22-23-24-25-26-27-28-29-30-31-32-33-35-37-39-41-43-45-47-49-54(57)59-52(50-55)51-58-53(56)48-46-44-42-40-38-36-34-20-18-16-14-12-10-8-6-4-2/h14-17,20-22,34,52,55H,3-13,18-19,23-33,35-51H2,1-2H3/b16-14-,17-15-,22-21-,34-20-. The summed E-state index contributed by atoms with van der Waals surface area (Å²) in [6.07, 6.45) is 65.0. The average molecular weight is 827 g/mol. The molecule has 344 valence electrons. The second-order valence-electron chi connectivity index (χ2n) is 17.2. The summed E-state index contributed by atoms with van der Waals surface area (Å²) >= 11 is 0. The predicted octanol–water partition coefficient (Wildman–Crippen LogP) is 16.9. The van der Waals surface area contributed by atoms with Gasteiger partial charge in [0.1, 0.15) is 6.61 Å². The largest absolute Gasteiger partial charge is 0.462 e. The SMILES string of the molecule is CCCCCC/C=C\C/C=C\CCCCCCCC(=O)OCC(CO)OC(=O)CCCCCCCCCCCCCCCCCCC/C=C\C/C=C\CCCCCCC. The molecule has 0 fully saturated rings. The second-order valence-corrected chi connectivity index (χ2v) is 17.2. The molecule has 0 aromatic carbocycles. The first-order valence-electron chi connectivity index (χ1n) is 25.7. The summed E-state index contributed by atoms with van der Waals surface area (Å²) in [5, 5.41) is 9.61. The van der Waals surface area contributed by atoms with Gasteiger partial charge in [0.25, 0.3) is 0 Å². The first-order valence-corrected chi connectivity index (χ1v) is 25.7. The van der Waals surface area contributed by atoms with E-state index in [1.165, 1.54) is 180 Å². The van der Waals surface area contributed by atoms with E-state index in [1.807, 2.05) is 0 Å². The minimum atomic E-state index is -0.777. The molecule has 0 radical (unpaired) electrons. The Labute approximate surface area is 367 Å². The van der Waals surface area contributed by atoms with Crippen molar-refractivity contribution < 1.29 is 24.2 Å². The van der Waals surface area contributed by atoms with Crippen molar-refractivity contribution in [2.45, 2.75) is 270 Å². The number of unbranched alkanes of at least 4 members (excludes halogenated alkanes) is 31. The summed E-state index contributed by atoms with van der Waals surface area (Å²) in [7, 11) is 0. The van der Waals surface area contributed by atoms with E-state index in [-0.39, 0.29) is 25.2 Å². The molecule has 1 atom stereocenters. The molecule has 0 aliphatic rings. The number of aliphatic hydroxyl groups is 1. The van der Waals surface area contributed by atoms with E-state index in [9.17, 15) is 14.7 Å². The summed E-state index contributed by atoms with van der Waals surface area (Å²) in [4.78, 5) is 24.4. The lowest BCUT2D eigenvalue weighted by Gasteiger charge is -2.15. The van der Waals surface area contributed by atoms with Crippen LogP contribution in [0.4, 0.5) is 0 Å². The van der Waals surface area contributed by atoms with Gasteiger partial charge in [0, 0.05) is 12.8 Å². The van der Waals surface area contributed by atoms with E-state index < -0.39 is 6.10 Å². The molecule has 0 aromatic heterocycles. The van der Waals surface area contributed by atoms with Crippen molar-refractivity contribution in [1.29, 1.82) is 0 Å². The van der Waals surface area contributed by atoms with E-state index in [0.717, 1.165) is 57.8 Å². The number of carbonyl (C=O) groups excluding carboxylic acids is 2. The van der Waals surface area contributed by atoms with E-state index in [1.54, 1.807) is 0 Å². The van der Waals surface area contributed by atoms with Gasteiger partial charge in [-0.1, -0.05) is 223 Å². The minimum absolute atomic E-state index is 0.0714. The van der Waals surface area contributed by atoms with Gasteiger partial charge in [-0.3, -0.25) is 9.59 Å². The highest BCUT2D eigenvalue weighted by Crippen LogP contribution is 2.16. The van der Waals surface area contributed by atoms with Crippen molar-refractivity contribution in [3.8, 4) is 0 Å². The first-order chi connectivity index (χ1) is 29.1. The van der Waals surface area contributed by atoms with Gasteiger partial charge in [-0.25, -0.2) is 0 Å². The normalized spacial score (nSPS) is 12.5. The van der Waals surface area contributed by atoms with Crippen LogP contribution >= 0.6 is 0 Å². The highest BCUT2D eigenvalue weighted by Gasteiger charge is 2.16. The molecule has 1 unspecified atom stereocenters. The summed E-state index contributed by atoms with van der Waals surface area (Å²) < 4.78 is 10.7. The van der Waals surface area contributed by atoms with Crippen molar-refractivity contribution >= 4 is 11.9 Å². The quantitative estimate of drug-likeness (QED) is 0.0376. The Hall–Kier alpha value is -2.14. The van der Waals surface area contributed by atoms with Crippen molar-refractivity contribution in [1.82, 2.24) is 0 Å². The number of esters is 2. The summed E-state index contributed by atoms with van der Waals surface area (Å²) in [6.45, 7) is 4.12. The fourth-order valence-electron chi connectivity index (χ4n) is 7.44. The zero-order valence-corrected chi connectivity index (χ0v) is 39.3. The van der Waals surface area contributed by atoms with Crippen molar-refractivity contribution in [2.24, 2.45) is 0 Å². The van der Waals surface area contributed by atoms with E-state index in [2.05, 4.69) is 62.5 Å². The van der Waals surface area contributed by atoms with Crippen LogP contribution in [-0.2, 0) is 19.1 Å². The van der Waals surface area contributed by atoms with Crippen LogP contribution in [0.5, 0.6) is 0 Å². The highest BCUT2D eigenvalue weighted by atomic mass is 16.6. The van der Waals surface area contributed by atoms with Crippen LogP contribution < -0.4 is 0 Å². The Bertz CT molecular complexity index is 981. The second kappa shape index (κ2) is 50.2. The Kier molecular flexibility index (Phi) is 48.4. The molecule has 0 heterocycles. The maximum absolute atomic E-state index is 12.3. The average Bonchev–Trinajstić information content (AvgIpc) is 3.24. The summed E-state index contributed by atoms with van der Waals surface area (Å²) in [5.74, 6) is -0.598. The van der Waals surface area contributed by atoms with Gasteiger partial charge in [0.2, 0.25) is 0 Å². The Balaban J connectivity index is 3.47. The van der Waals surface area contributed by atoms with Crippen LogP contribution in [0, 0.1) is 0 Å². The van der Waals surface area contributed by atoms with E-state index in [0.29, 0.717) is 12.8 Å². The molecule has 5 heteroatoms. The third-order valence-corrected chi connectivity index (χ3v) is 11.3. The number of rotatable bonds is 47. The predicted molar refractivity (Wildman–Crippen MR) is 256 cm³/mol. The zero-order chi connectivity index (χ0) is 42.8. The molecule has 0 aliphatic carbocycles. The lowest BCUT2D eigenvalue weighted by atomic mass is 10.0. The van der Waals surface area contributed by atoms with Crippen molar-refractivity contribution in [2.75, 3.05) is 13.2 Å². The zero-order valence-electron chi connectivity index (χ0n) is 39.3. The van der Waals surface area contributed by atoms with Gasteiger partial charge in [-0.2, -0.15) is 0 Å². The molecule has 0 spiro atoms. The molecule has 0 rings (SSSR count). The molecule has 0 saturated carbocycles. The fourth-order valence-corrected chi connectivity index (χ4v) is 7.44. The number of aliphatic hydroxyl groups excluding tert-OH is 1. The molecule has 0 aromatic rings. The van der Waals surface area contributed by atoms with Crippen LogP contribution in [0.3, 0.4) is 0 Å². The Morgan fingerprint density at radius 2 is 0.678 bits per heavy atom. The van der Waals surface area contributed by atoms with Crippen LogP contribution in [0.15, 0.2) is 48.6 Å². The van der Waals surface area contributed by atoms with Crippen molar-refractivity contribution in [3.05, 3.63) is 48.6 Å². The monoisotopic (exact) mass is 827 g/mol. The summed E-state index contributed by atoms with van der Waals surface area (Å²) in [5.41, 5.74) is 0. The third-order valence-electron chi connectivity index (χ3n) is 11.3. The Morgan fingerprint density at radius 3 is 1.02 bits per heavy atom. The number of allylic oxidation sites excluding steroid dienone is 8. The third kappa shape index (κ3) is 48.4. The molecule has 0 bridgehead atoms. The van der Waals surface area contributed by atoms with Crippen LogP contribution in [0.1, 0.15) is 264 Å². The van der Waals surface area contributed by atoms with Crippen LogP contribution in [0.25, 0.3) is 0 Å². The lowest BCUT2D eigenvalue weighted by molar-refractivity contribution is -0.161. The van der Waals surface area contributed by atoms with Crippen molar-refractivity contribution in [3.63, 3.8) is 0 Å². The molecule has 0 aliphatic heterocycles. The van der Waals surface area contributed by atoms with Gasteiger partial charge < -0.3 is 14.6 Å².